The monoisotopic (exact) mass is 425 g/mol. The lowest BCUT2D eigenvalue weighted by atomic mass is 9.90. The number of carbonyl (C=O) groups is 1. The normalized spacial score (nSPS) is 15.0. The van der Waals surface area contributed by atoms with E-state index in [0.29, 0.717) is 22.6 Å². The van der Waals surface area contributed by atoms with E-state index in [-0.39, 0.29) is 11.5 Å². The first-order chi connectivity index (χ1) is 14.6. The number of aromatic amines is 1. The number of thioether (sulfide) groups is 1. The highest BCUT2D eigenvalue weighted by atomic mass is 32.2. The van der Waals surface area contributed by atoms with Crippen molar-refractivity contribution in [3.8, 4) is 0 Å². The molecule has 7 nitrogen and oxygen atoms in total. The van der Waals surface area contributed by atoms with Crippen molar-refractivity contribution >= 4 is 23.4 Å². The van der Waals surface area contributed by atoms with Crippen molar-refractivity contribution in [1.82, 2.24) is 24.5 Å². The zero-order valence-corrected chi connectivity index (χ0v) is 18.0. The number of carbonyl (C=O) groups excluding carboxylic acids is 1. The quantitative estimate of drug-likeness (QED) is 0.589. The first kappa shape index (κ1) is 20.7. The Morgan fingerprint density at radius 3 is 2.70 bits per heavy atom. The van der Waals surface area contributed by atoms with Gasteiger partial charge in [0.1, 0.15) is 0 Å². The third-order valence-corrected chi connectivity index (χ3v) is 6.53. The van der Waals surface area contributed by atoms with Gasteiger partial charge in [-0.1, -0.05) is 55.4 Å². The lowest BCUT2D eigenvalue weighted by Gasteiger charge is -2.32. The average Bonchev–Trinajstić information content (AvgIpc) is 3.16. The summed E-state index contributed by atoms with van der Waals surface area (Å²) in [6, 6.07) is 12.2. The fourth-order valence-electron chi connectivity index (χ4n) is 4.06. The molecule has 1 aliphatic heterocycles. The summed E-state index contributed by atoms with van der Waals surface area (Å²) in [5.41, 5.74) is 2.07. The summed E-state index contributed by atoms with van der Waals surface area (Å²) in [7, 11) is 0. The summed E-state index contributed by atoms with van der Waals surface area (Å²) >= 11 is 1.38. The number of H-pyrrole nitrogens is 1. The molecule has 3 heterocycles. The second kappa shape index (κ2) is 9.47. The standard InChI is InChI=1S/C22H27N5O2S/c1-2-6-18-14-19(28)23-21-24-25-22(27(18)21)30-15-20(29)26-11-9-17(10-12-26)13-16-7-4-3-5-8-16/h3-5,7-8,14,17H,2,6,9-13,15H2,1H3,(H,23,24,28). The van der Waals surface area contributed by atoms with Gasteiger partial charge in [0.25, 0.3) is 5.56 Å². The molecule has 4 rings (SSSR count). The van der Waals surface area contributed by atoms with Crippen molar-refractivity contribution in [2.75, 3.05) is 18.8 Å². The number of likely N-dealkylation sites (tertiary alicyclic amines) is 1. The van der Waals surface area contributed by atoms with Gasteiger partial charge in [0.2, 0.25) is 11.7 Å². The van der Waals surface area contributed by atoms with Crippen LogP contribution in [0.2, 0.25) is 0 Å². The van der Waals surface area contributed by atoms with E-state index in [1.807, 2.05) is 15.4 Å². The van der Waals surface area contributed by atoms with E-state index in [9.17, 15) is 9.59 Å². The van der Waals surface area contributed by atoms with Gasteiger partial charge in [0.15, 0.2) is 5.16 Å². The van der Waals surface area contributed by atoms with Gasteiger partial charge in [-0.25, -0.2) is 0 Å². The van der Waals surface area contributed by atoms with Crippen LogP contribution in [0.15, 0.2) is 46.3 Å². The second-order valence-electron chi connectivity index (χ2n) is 7.82. The Balaban J connectivity index is 1.34. The lowest BCUT2D eigenvalue weighted by Crippen LogP contribution is -2.39. The summed E-state index contributed by atoms with van der Waals surface area (Å²) in [5, 5.41) is 8.91. The highest BCUT2D eigenvalue weighted by molar-refractivity contribution is 7.99. The van der Waals surface area contributed by atoms with Gasteiger partial charge in [0, 0.05) is 24.8 Å². The largest absolute Gasteiger partial charge is 0.342 e. The zero-order chi connectivity index (χ0) is 20.9. The van der Waals surface area contributed by atoms with Gasteiger partial charge in [-0.15, -0.1) is 10.2 Å². The molecule has 1 aromatic carbocycles. The van der Waals surface area contributed by atoms with E-state index in [1.54, 1.807) is 6.07 Å². The van der Waals surface area contributed by atoms with E-state index in [2.05, 4.69) is 46.4 Å². The molecule has 2 aromatic heterocycles. The predicted octanol–water partition coefficient (Wildman–Crippen LogP) is 2.94. The van der Waals surface area contributed by atoms with Crippen LogP contribution in [0.4, 0.5) is 0 Å². The van der Waals surface area contributed by atoms with Gasteiger partial charge in [0.05, 0.1) is 5.75 Å². The Hall–Kier alpha value is -2.61. The number of benzene rings is 1. The Morgan fingerprint density at radius 2 is 1.97 bits per heavy atom. The van der Waals surface area contributed by atoms with E-state index < -0.39 is 0 Å². The van der Waals surface area contributed by atoms with E-state index in [1.165, 1.54) is 17.3 Å². The number of nitrogens with zero attached hydrogens (tertiary/aromatic N) is 4. The van der Waals surface area contributed by atoms with Crippen molar-refractivity contribution in [1.29, 1.82) is 0 Å². The van der Waals surface area contributed by atoms with Crippen LogP contribution in [0.5, 0.6) is 0 Å². The minimum absolute atomic E-state index is 0.136. The maximum atomic E-state index is 12.7. The molecule has 0 atom stereocenters. The third kappa shape index (κ3) is 4.75. The molecule has 0 radical (unpaired) electrons. The number of nitrogens with one attached hydrogen (secondary N) is 1. The number of hydrogen-bond acceptors (Lipinski definition) is 5. The van der Waals surface area contributed by atoms with Crippen molar-refractivity contribution in [2.24, 2.45) is 5.92 Å². The maximum absolute atomic E-state index is 12.7. The van der Waals surface area contributed by atoms with Crippen molar-refractivity contribution in [3.05, 3.63) is 58.0 Å². The Kier molecular flexibility index (Phi) is 6.52. The molecule has 1 aliphatic rings. The molecule has 30 heavy (non-hydrogen) atoms. The molecule has 1 fully saturated rings. The maximum Gasteiger partial charge on any atom is 0.252 e. The Bertz CT molecular complexity index is 1050. The van der Waals surface area contributed by atoms with Gasteiger partial charge in [-0.3, -0.25) is 19.0 Å². The molecule has 3 aromatic rings. The smallest absolute Gasteiger partial charge is 0.252 e. The van der Waals surface area contributed by atoms with Crippen molar-refractivity contribution in [3.63, 3.8) is 0 Å². The van der Waals surface area contributed by atoms with Crippen LogP contribution >= 0.6 is 11.8 Å². The predicted molar refractivity (Wildman–Crippen MR) is 118 cm³/mol. The molecule has 1 N–H and O–H groups in total. The van der Waals surface area contributed by atoms with Gasteiger partial charge in [-0.2, -0.15) is 0 Å². The van der Waals surface area contributed by atoms with Crippen molar-refractivity contribution < 1.29 is 4.79 Å². The first-order valence-electron chi connectivity index (χ1n) is 10.6. The number of piperidine rings is 1. The van der Waals surface area contributed by atoms with Crippen LogP contribution < -0.4 is 5.56 Å². The fourth-order valence-corrected chi connectivity index (χ4v) is 4.92. The lowest BCUT2D eigenvalue weighted by molar-refractivity contribution is -0.129. The van der Waals surface area contributed by atoms with Crippen LogP contribution in [-0.4, -0.2) is 49.2 Å². The van der Waals surface area contributed by atoms with Gasteiger partial charge >= 0.3 is 0 Å². The number of rotatable bonds is 7. The molecule has 0 saturated carbocycles. The average molecular weight is 426 g/mol. The van der Waals surface area contributed by atoms with Crippen LogP contribution in [0.1, 0.15) is 37.4 Å². The van der Waals surface area contributed by atoms with Crippen LogP contribution in [0.3, 0.4) is 0 Å². The SMILES string of the molecule is CCCc1cc(=O)[nH]c2nnc(SCC(=O)N3CCC(Cc4ccccc4)CC3)n12. The van der Waals surface area contributed by atoms with Gasteiger partial charge in [-0.05, 0) is 37.2 Å². The van der Waals surface area contributed by atoms with E-state index in [0.717, 1.165) is 50.9 Å². The minimum Gasteiger partial charge on any atom is -0.342 e. The van der Waals surface area contributed by atoms with Crippen molar-refractivity contribution in [2.45, 2.75) is 44.2 Å². The minimum atomic E-state index is -0.177. The number of amides is 1. The molecule has 0 bridgehead atoms. The number of aryl methyl sites for hydroxylation is 1. The third-order valence-electron chi connectivity index (χ3n) is 5.62. The molecule has 1 saturated heterocycles. The molecule has 8 heteroatoms. The highest BCUT2D eigenvalue weighted by Crippen LogP contribution is 2.24. The van der Waals surface area contributed by atoms with Crippen LogP contribution in [-0.2, 0) is 17.6 Å². The molecule has 1 amide bonds. The molecule has 0 spiro atoms. The van der Waals surface area contributed by atoms with Gasteiger partial charge < -0.3 is 4.90 Å². The molecule has 158 valence electrons. The summed E-state index contributed by atoms with van der Waals surface area (Å²) in [4.78, 5) is 29.2. The zero-order valence-electron chi connectivity index (χ0n) is 17.2. The molecule has 0 unspecified atom stereocenters. The number of fused-ring (bicyclic) bond motifs is 1. The van der Waals surface area contributed by atoms with E-state index in [4.69, 9.17) is 0 Å². The van der Waals surface area contributed by atoms with Crippen LogP contribution in [0.25, 0.3) is 5.78 Å². The molecule has 0 aliphatic carbocycles. The second-order valence-corrected chi connectivity index (χ2v) is 8.76. The summed E-state index contributed by atoms with van der Waals surface area (Å²) in [5.74, 6) is 1.53. The fraction of sp³-hybridized carbons (Fsp3) is 0.455. The molecular weight excluding hydrogens is 398 g/mol. The topological polar surface area (TPSA) is 83.4 Å². The van der Waals surface area contributed by atoms with E-state index >= 15 is 0 Å². The number of aromatic nitrogens is 4. The Labute approximate surface area is 179 Å². The number of hydrogen-bond donors (Lipinski definition) is 1. The highest BCUT2D eigenvalue weighted by Gasteiger charge is 2.23. The Morgan fingerprint density at radius 1 is 1.20 bits per heavy atom. The van der Waals surface area contributed by atoms with Crippen LogP contribution in [0, 0.1) is 5.92 Å². The summed E-state index contributed by atoms with van der Waals surface area (Å²) in [6.45, 7) is 3.69. The summed E-state index contributed by atoms with van der Waals surface area (Å²) < 4.78 is 1.86. The summed E-state index contributed by atoms with van der Waals surface area (Å²) in [6.07, 6.45) is 4.84. The first-order valence-corrected chi connectivity index (χ1v) is 11.5. The molecular formula is C22H27N5O2S.